The lowest BCUT2D eigenvalue weighted by Gasteiger charge is -2.09. The van der Waals surface area contributed by atoms with E-state index in [1.807, 2.05) is 0 Å². The zero-order chi connectivity index (χ0) is 15.6. The van der Waals surface area contributed by atoms with Crippen molar-refractivity contribution < 1.29 is 14.8 Å². The number of nitro benzene ring substituents is 1. The minimum Gasteiger partial charge on any atom is -0.478 e. The van der Waals surface area contributed by atoms with Gasteiger partial charge in [0.2, 0.25) is 0 Å². The SMILES string of the molecule is Cc1ccc(Nc2ccc(C(=O)O)c(C)c2)c([N+](=O)[O-])c1. The molecule has 2 N–H and O–H groups in total. The monoisotopic (exact) mass is 286 g/mol. The molecular weight excluding hydrogens is 272 g/mol. The summed E-state index contributed by atoms with van der Waals surface area (Å²) in [5.74, 6) is -1.000. The highest BCUT2D eigenvalue weighted by molar-refractivity contribution is 5.90. The van der Waals surface area contributed by atoms with Gasteiger partial charge < -0.3 is 10.4 Å². The summed E-state index contributed by atoms with van der Waals surface area (Å²) >= 11 is 0. The Morgan fingerprint density at radius 3 is 2.48 bits per heavy atom. The number of nitrogens with one attached hydrogen (secondary N) is 1. The van der Waals surface area contributed by atoms with Crippen molar-refractivity contribution in [1.82, 2.24) is 0 Å². The van der Waals surface area contributed by atoms with E-state index in [1.54, 1.807) is 38.1 Å². The summed E-state index contributed by atoms with van der Waals surface area (Å²) < 4.78 is 0. The van der Waals surface area contributed by atoms with E-state index in [0.717, 1.165) is 5.56 Å². The molecule has 2 aromatic rings. The standard InChI is InChI=1S/C15H14N2O4/c1-9-3-6-13(14(7-9)17(20)21)16-11-4-5-12(15(18)19)10(2)8-11/h3-8,16H,1-2H3,(H,18,19). The molecule has 0 aromatic heterocycles. The summed E-state index contributed by atoms with van der Waals surface area (Å²) in [6.45, 7) is 3.46. The Hall–Kier alpha value is -2.89. The number of benzene rings is 2. The Morgan fingerprint density at radius 1 is 1.19 bits per heavy atom. The third-order valence-electron chi connectivity index (χ3n) is 3.09. The van der Waals surface area contributed by atoms with E-state index in [0.29, 0.717) is 16.9 Å². The van der Waals surface area contributed by atoms with Crippen molar-refractivity contribution >= 4 is 23.0 Å². The number of carboxylic acids is 1. The Labute approximate surface area is 121 Å². The third-order valence-corrected chi connectivity index (χ3v) is 3.09. The molecule has 2 aromatic carbocycles. The summed E-state index contributed by atoms with van der Waals surface area (Å²) in [6.07, 6.45) is 0. The van der Waals surface area contributed by atoms with E-state index < -0.39 is 10.9 Å². The van der Waals surface area contributed by atoms with Crippen LogP contribution in [0.25, 0.3) is 0 Å². The first-order chi connectivity index (χ1) is 9.88. The second-order valence-electron chi connectivity index (χ2n) is 4.74. The predicted molar refractivity (Wildman–Crippen MR) is 79.3 cm³/mol. The average Bonchev–Trinajstić information content (AvgIpc) is 2.40. The molecule has 0 fully saturated rings. The highest BCUT2D eigenvalue weighted by atomic mass is 16.6. The molecule has 0 radical (unpaired) electrons. The highest BCUT2D eigenvalue weighted by Gasteiger charge is 2.14. The van der Waals surface area contributed by atoms with Gasteiger partial charge in [-0.25, -0.2) is 4.79 Å². The summed E-state index contributed by atoms with van der Waals surface area (Å²) in [7, 11) is 0. The fourth-order valence-electron chi connectivity index (χ4n) is 2.04. The van der Waals surface area contributed by atoms with Crippen molar-refractivity contribution in [3.8, 4) is 0 Å². The van der Waals surface area contributed by atoms with Gasteiger partial charge in [0.15, 0.2) is 0 Å². The van der Waals surface area contributed by atoms with Crippen LogP contribution in [0.5, 0.6) is 0 Å². The first-order valence-electron chi connectivity index (χ1n) is 6.24. The van der Waals surface area contributed by atoms with Gasteiger partial charge in [-0.2, -0.15) is 0 Å². The second-order valence-corrected chi connectivity index (χ2v) is 4.74. The molecule has 0 atom stereocenters. The van der Waals surface area contributed by atoms with Gasteiger partial charge in [-0.05, 0) is 49.2 Å². The molecule has 21 heavy (non-hydrogen) atoms. The third kappa shape index (κ3) is 3.17. The Bertz CT molecular complexity index is 726. The normalized spacial score (nSPS) is 10.2. The summed E-state index contributed by atoms with van der Waals surface area (Å²) in [4.78, 5) is 21.6. The maximum absolute atomic E-state index is 11.1. The topological polar surface area (TPSA) is 92.5 Å². The number of rotatable bonds is 4. The Balaban J connectivity index is 2.37. The van der Waals surface area contributed by atoms with E-state index in [4.69, 9.17) is 5.11 Å². The zero-order valence-electron chi connectivity index (χ0n) is 11.6. The quantitative estimate of drug-likeness (QED) is 0.661. The number of nitro groups is 1. The number of carbonyl (C=O) groups is 1. The maximum atomic E-state index is 11.1. The van der Waals surface area contributed by atoms with Crippen molar-refractivity contribution in [3.63, 3.8) is 0 Å². The second kappa shape index (κ2) is 5.62. The summed E-state index contributed by atoms with van der Waals surface area (Å²) in [5, 5.41) is 23.0. The lowest BCUT2D eigenvalue weighted by atomic mass is 10.1. The lowest BCUT2D eigenvalue weighted by Crippen LogP contribution is -2.01. The lowest BCUT2D eigenvalue weighted by molar-refractivity contribution is -0.384. The Morgan fingerprint density at radius 2 is 1.90 bits per heavy atom. The number of aryl methyl sites for hydroxylation is 2. The predicted octanol–water partition coefficient (Wildman–Crippen LogP) is 3.65. The molecule has 108 valence electrons. The van der Waals surface area contributed by atoms with Crippen LogP contribution in [-0.4, -0.2) is 16.0 Å². The van der Waals surface area contributed by atoms with Crippen LogP contribution in [0, 0.1) is 24.0 Å². The number of anilines is 2. The van der Waals surface area contributed by atoms with Crippen LogP contribution in [-0.2, 0) is 0 Å². The van der Waals surface area contributed by atoms with Crippen LogP contribution in [0.3, 0.4) is 0 Å². The number of hydrogen-bond acceptors (Lipinski definition) is 4. The molecule has 0 aliphatic rings. The van der Waals surface area contributed by atoms with Crippen LogP contribution in [0.1, 0.15) is 21.5 Å². The number of aromatic carboxylic acids is 1. The van der Waals surface area contributed by atoms with E-state index in [-0.39, 0.29) is 11.3 Å². The van der Waals surface area contributed by atoms with Gasteiger partial charge in [0.1, 0.15) is 5.69 Å². The molecular formula is C15H14N2O4. The average molecular weight is 286 g/mol. The molecule has 0 aliphatic carbocycles. The summed E-state index contributed by atoms with van der Waals surface area (Å²) in [6, 6.07) is 9.59. The van der Waals surface area contributed by atoms with Gasteiger partial charge in [-0.1, -0.05) is 6.07 Å². The largest absolute Gasteiger partial charge is 0.478 e. The van der Waals surface area contributed by atoms with Crippen LogP contribution in [0.15, 0.2) is 36.4 Å². The highest BCUT2D eigenvalue weighted by Crippen LogP contribution is 2.29. The molecule has 0 spiro atoms. The molecule has 0 saturated carbocycles. The molecule has 0 aliphatic heterocycles. The van der Waals surface area contributed by atoms with Gasteiger partial charge in [0, 0.05) is 11.8 Å². The first kappa shape index (κ1) is 14.5. The van der Waals surface area contributed by atoms with E-state index in [2.05, 4.69) is 5.32 Å². The van der Waals surface area contributed by atoms with Crippen LogP contribution >= 0.6 is 0 Å². The molecule has 6 heteroatoms. The number of carboxylic acid groups (broad SMARTS) is 1. The first-order valence-corrected chi connectivity index (χ1v) is 6.24. The van der Waals surface area contributed by atoms with Gasteiger partial charge in [-0.15, -0.1) is 0 Å². The fourth-order valence-corrected chi connectivity index (χ4v) is 2.04. The smallest absolute Gasteiger partial charge is 0.335 e. The molecule has 0 unspecified atom stereocenters. The van der Waals surface area contributed by atoms with Crippen molar-refractivity contribution in [2.75, 3.05) is 5.32 Å². The molecule has 0 amide bonds. The van der Waals surface area contributed by atoms with Crippen molar-refractivity contribution in [1.29, 1.82) is 0 Å². The minimum atomic E-state index is -1.000. The minimum absolute atomic E-state index is 0.0186. The van der Waals surface area contributed by atoms with Gasteiger partial charge in [-0.3, -0.25) is 10.1 Å². The van der Waals surface area contributed by atoms with Crippen molar-refractivity contribution in [2.45, 2.75) is 13.8 Å². The molecule has 6 nitrogen and oxygen atoms in total. The maximum Gasteiger partial charge on any atom is 0.335 e. The van der Waals surface area contributed by atoms with Crippen molar-refractivity contribution in [2.24, 2.45) is 0 Å². The molecule has 2 rings (SSSR count). The number of hydrogen-bond donors (Lipinski definition) is 2. The molecule has 0 heterocycles. The van der Waals surface area contributed by atoms with Crippen molar-refractivity contribution in [3.05, 3.63) is 63.2 Å². The fraction of sp³-hybridized carbons (Fsp3) is 0.133. The van der Waals surface area contributed by atoms with E-state index >= 15 is 0 Å². The molecule has 0 bridgehead atoms. The van der Waals surface area contributed by atoms with Crippen LogP contribution < -0.4 is 5.32 Å². The van der Waals surface area contributed by atoms with Crippen LogP contribution in [0.4, 0.5) is 17.1 Å². The van der Waals surface area contributed by atoms with E-state index in [1.165, 1.54) is 12.1 Å². The summed E-state index contributed by atoms with van der Waals surface area (Å²) in [5.41, 5.74) is 2.54. The van der Waals surface area contributed by atoms with E-state index in [9.17, 15) is 14.9 Å². The van der Waals surface area contributed by atoms with Gasteiger partial charge in [0.25, 0.3) is 5.69 Å². The van der Waals surface area contributed by atoms with Crippen LogP contribution in [0.2, 0.25) is 0 Å². The van der Waals surface area contributed by atoms with Gasteiger partial charge in [0.05, 0.1) is 10.5 Å². The zero-order valence-corrected chi connectivity index (χ0v) is 11.6. The number of nitrogens with zero attached hydrogens (tertiary/aromatic N) is 1. The Kier molecular flexibility index (Phi) is 3.89. The molecule has 0 saturated heterocycles. The van der Waals surface area contributed by atoms with Gasteiger partial charge >= 0.3 is 5.97 Å².